The van der Waals surface area contributed by atoms with Crippen LogP contribution in [-0.4, -0.2) is 28.9 Å². The molecule has 0 radical (unpaired) electrons. The van der Waals surface area contributed by atoms with Crippen molar-refractivity contribution in [3.05, 3.63) is 0 Å². The summed E-state index contributed by atoms with van der Waals surface area (Å²) in [7, 11) is 0. The zero-order valence-electron chi connectivity index (χ0n) is 4.16. The van der Waals surface area contributed by atoms with E-state index in [1.54, 1.807) is 0 Å². The summed E-state index contributed by atoms with van der Waals surface area (Å²) in [4.78, 5) is 10.1. The maximum atomic E-state index is 10.1. The predicted octanol–water partition coefficient (Wildman–Crippen LogP) is 0.160. The molecule has 0 aromatic carbocycles. The predicted molar refractivity (Wildman–Crippen MR) is 29.8 cm³/mol. The van der Waals surface area contributed by atoms with E-state index < -0.39 is 5.97 Å². The Morgan fingerprint density at radius 2 is 2.62 bits per heavy atom. The SMILES string of the molecule is O=C(O)C1COCS1. The molecule has 46 valence electrons. The highest BCUT2D eigenvalue weighted by Crippen LogP contribution is 2.18. The van der Waals surface area contributed by atoms with Crippen LogP contribution in [-0.2, 0) is 9.53 Å². The molecule has 1 saturated heterocycles. The molecule has 0 saturated carbocycles. The van der Waals surface area contributed by atoms with Crippen LogP contribution >= 0.6 is 11.8 Å². The van der Waals surface area contributed by atoms with Gasteiger partial charge in [-0.25, -0.2) is 0 Å². The highest BCUT2D eigenvalue weighted by atomic mass is 32.2. The summed E-state index contributed by atoms with van der Waals surface area (Å²) in [6.07, 6.45) is 0. The van der Waals surface area contributed by atoms with Crippen molar-refractivity contribution in [2.75, 3.05) is 12.5 Å². The van der Waals surface area contributed by atoms with Crippen molar-refractivity contribution in [3.8, 4) is 0 Å². The fourth-order valence-electron chi connectivity index (χ4n) is 0.476. The number of hydrogen-bond donors (Lipinski definition) is 1. The minimum atomic E-state index is -0.771. The lowest BCUT2D eigenvalue weighted by Crippen LogP contribution is -2.16. The van der Waals surface area contributed by atoms with Crippen molar-refractivity contribution >= 4 is 17.7 Å². The van der Waals surface area contributed by atoms with Crippen molar-refractivity contribution in [3.63, 3.8) is 0 Å². The third-order valence-corrected chi connectivity index (χ3v) is 1.94. The van der Waals surface area contributed by atoms with Crippen molar-refractivity contribution in [2.24, 2.45) is 0 Å². The van der Waals surface area contributed by atoms with E-state index in [1.807, 2.05) is 0 Å². The quantitative estimate of drug-likeness (QED) is 0.555. The molecule has 0 aromatic rings. The van der Waals surface area contributed by atoms with Crippen LogP contribution in [0.25, 0.3) is 0 Å². The molecule has 0 bridgehead atoms. The highest BCUT2D eigenvalue weighted by Gasteiger charge is 2.22. The smallest absolute Gasteiger partial charge is 0.319 e. The van der Waals surface area contributed by atoms with E-state index in [4.69, 9.17) is 9.84 Å². The number of carboxylic acids is 1. The molecular weight excluding hydrogens is 128 g/mol. The minimum Gasteiger partial charge on any atom is -0.480 e. The molecule has 3 nitrogen and oxygen atoms in total. The van der Waals surface area contributed by atoms with Gasteiger partial charge in [-0.1, -0.05) is 0 Å². The third-order valence-electron chi connectivity index (χ3n) is 0.897. The average molecular weight is 134 g/mol. The van der Waals surface area contributed by atoms with E-state index in [9.17, 15) is 4.79 Å². The lowest BCUT2D eigenvalue weighted by Gasteiger charge is -1.94. The second-order valence-electron chi connectivity index (χ2n) is 1.48. The second-order valence-corrected chi connectivity index (χ2v) is 2.62. The monoisotopic (exact) mass is 134 g/mol. The summed E-state index contributed by atoms with van der Waals surface area (Å²) in [6.45, 7) is 0.361. The Kier molecular flexibility index (Phi) is 1.75. The van der Waals surface area contributed by atoms with Crippen molar-refractivity contribution in [1.29, 1.82) is 0 Å². The fraction of sp³-hybridized carbons (Fsp3) is 0.750. The van der Waals surface area contributed by atoms with Crippen LogP contribution < -0.4 is 0 Å². The number of aliphatic carboxylic acids is 1. The van der Waals surface area contributed by atoms with Gasteiger partial charge in [0.1, 0.15) is 5.25 Å². The summed E-state index contributed by atoms with van der Waals surface area (Å²) in [5, 5.41) is 7.99. The van der Waals surface area contributed by atoms with Gasteiger partial charge in [-0.3, -0.25) is 4.79 Å². The number of carboxylic acid groups (broad SMARTS) is 1. The standard InChI is InChI=1S/C4H6O3S/c5-4(6)3-1-7-2-8-3/h3H,1-2H2,(H,5,6). The maximum Gasteiger partial charge on any atom is 0.319 e. The first-order chi connectivity index (χ1) is 3.80. The van der Waals surface area contributed by atoms with Crippen LogP contribution in [0.4, 0.5) is 0 Å². The Bertz CT molecular complexity index is 97.5. The lowest BCUT2D eigenvalue weighted by molar-refractivity contribution is -0.136. The third kappa shape index (κ3) is 1.14. The van der Waals surface area contributed by atoms with Crippen molar-refractivity contribution in [2.45, 2.75) is 5.25 Å². The molecule has 0 aliphatic carbocycles. The largest absolute Gasteiger partial charge is 0.480 e. The van der Waals surface area contributed by atoms with Crippen LogP contribution in [0, 0.1) is 0 Å². The Labute approximate surface area is 51.0 Å². The Balaban J connectivity index is 2.35. The first-order valence-corrected chi connectivity index (χ1v) is 3.28. The van der Waals surface area contributed by atoms with Gasteiger partial charge in [0.2, 0.25) is 0 Å². The molecule has 0 aromatic heterocycles. The molecule has 0 spiro atoms. The average Bonchev–Trinajstić information content (AvgIpc) is 2.12. The van der Waals surface area contributed by atoms with Crippen LogP contribution in [0.15, 0.2) is 0 Å². The highest BCUT2D eigenvalue weighted by molar-refractivity contribution is 8.00. The molecule has 1 atom stereocenters. The second kappa shape index (κ2) is 2.37. The molecule has 1 aliphatic heterocycles. The van der Waals surface area contributed by atoms with E-state index >= 15 is 0 Å². The van der Waals surface area contributed by atoms with E-state index in [-0.39, 0.29) is 5.25 Å². The van der Waals surface area contributed by atoms with Crippen molar-refractivity contribution < 1.29 is 14.6 Å². The van der Waals surface area contributed by atoms with Crippen LogP contribution in [0.3, 0.4) is 0 Å². The zero-order chi connectivity index (χ0) is 5.98. The molecule has 1 rings (SSSR count). The zero-order valence-corrected chi connectivity index (χ0v) is 4.98. The number of ether oxygens (including phenoxy) is 1. The Morgan fingerprint density at radius 1 is 1.88 bits per heavy atom. The molecule has 1 unspecified atom stereocenters. The summed E-state index contributed by atoms with van der Waals surface area (Å²) < 4.78 is 4.80. The first-order valence-electron chi connectivity index (χ1n) is 2.23. The number of hydrogen-bond acceptors (Lipinski definition) is 3. The van der Waals surface area contributed by atoms with Gasteiger partial charge in [-0.15, -0.1) is 11.8 Å². The van der Waals surface area contributed by atoms with Gasteiger partial charge in [0.25, 0.3) is 0 Å². The van der Waals surface area contributed by atoms with E-state index in [2.05, 4.69) is 0 Å². The summed E-state index contributed by atoms with van der Waals surface area (Å²) in [6, 6.07) is 0. The normalized spacial score (nSPS) is 28.2. The van der Waals surface area contributed by atoms with E-state index in [0.717, 1.165) is 0 Å². The molecule has 8 heavy (non-hydrogen) atoms. The fourth-order valence-corrected chi connectivity index (χ4v) is 1.17. The van der Waals surface area contributed by atoms with Gasteiger partial charge in [0.15, 0.2) is 0 Å². The van der Waals surface area contributed by atoms with Crippen molar-refractivity contribution in [1.82, 2.24) is 0 Å². The van der Waals surface area contributed by atoms with E-state index in [0.29, 0.717) is 12.5 Å². The minimum absolute atomic E-state index is 0.324. The molecule has 1 heterocycles. The summed E-state index contributed by atoms with van der Waals surface area (Å²) in [5.74, 6) is -0.246. The molecule has 1 fully saturated rings. The van der Waals surface area contributed by atoms with E-state index in [1.165, 1.54) is 11.8 Å². The summed E-state index contributed by atoms with van der Waals surface area (Å²) in [5.41, 5.74) is 0. The van der Waals surface area contributed by atoms with Crippen LogP contribution in [0.1, 0.15) is 0 Å². The summed E-state index contributed by atoms with van der Waals surface area (Å²) >= 11 is 1.33. The topological polar surface area (TPSA) is 46.5 Å². The van der Waals surface area contributed by atoms with Gasteiger partial charge < -0.3 is 9.84 Å². The van der Waals surface area contributed by atoms with Gasteiger partial charge in [-0.2, -0.15) is 0 Å². The van der Waals surface area contributed by atoms with Crippen LogP contribution in [0.2, 0.25) is 0 Å². The Morgan fingerprint density at radius 3 is 2.88 bits per heavy atom. The molecule has 0 amide bonds. The molecule has 4 heteroatoms. The number of carbonyl (C=O) groups is 1. The number of rotatable bonds is 1. The molecule has 1 aliphatic rings. The van der Waals surface area contributed by atoms with Gasteiger partial charge >= 0.3 is 5.97 Å². The lowest BCUT2D eigenvalue weighted by atomic mass is 10.5. The molecule has 1 N–H and O–H groups in total. The first kappa shape index (κ1) is 5.91. The number of thioether (sulfide) groups is 1. The molecular formula is C4H6O3S. The maximum absolute atomic E-state index is 10.1. The Hall–Kier alpha value is -0.220. The van der Waals surface area contributed by atoms with Gasteiger partial charge in [0, 0.05) is 0 Å². The van der Waals surface area contributed by atoms with Gasteiger partial charge in [-0.05, 0) is 0 Å². The van der Waals surface area contributed by atoms with Crippen LogP contribution in [0.5, 0.6) is 0 Å². The van der Waals surface area contributed by atoms with Gasteiger partial charge in [0.05, 0.1) is 12.5 Å².